The molecule has 50 heavy (non-hydrogen) atoms. The third-order valence-electron chi connectivity index (χ3n) is 10.2. The van der Waals surface area contributed by atoms with Crippen LogP contribution in [0.2, 0.25) is 5.02 Å². The third kappa shape index (κ3) is 6.71. The topological polar surface area (TPSA) is 133 Å². The minimum atomic E-state index is -1.03. The number of carbonyl (C=O) groups excluding carboxylic acids is 2. The van der Waals surface area contributed by atoms with Gasteiger partial charge in [0, 0.05) is 74.8 Å². The third-order valence-corrected chi connectivity index (χ3v) is 11.1. The second kappa shape index (κ2) is 14.7. The van der Waals surface area contributed by atoms with Gasteiger partial charge < -0.3 is 30.9 Å². The van der Waals surface area contributed by atoms with E-state index in [1.807, 2.05) is 48.6 Å². The van der Waals surface area contributed by atoms with E-state index in [9.17, 15) is 9.59 Å². The van der Waals surface area contributed by atoms with Crippen molar-refractivity contribution < 1.29 is 14.3 Å². The molecule has 0 saturated carbocycles. The Morgan fingerprint density at radius 2 is 1.76 bits per heavy atom. The van der Waals surface area contributed by atoms with Crippen molar-refractivity contribution in [2.45, 2.75) is 67.6 Å². The molecule has 3 aliphatic heterocycles. The molecule has 4 N–H and O–H groups in total. The van der Waals surface area contributed by atoms with Gasteiger partial charge in [-0.2, -0.15) is 0 Å². The van der Waals surface area contributed by atoms with Crippen molar-refractivity contribution in [2.24, 2.45) is 0 Å². The van der Waals surface area contributed by atoms with Crippen molar-refractivity contribution in [2.75, 3.05) is 38.7 Å². The number of fused-ring (bicyclic) bond motifs is 1. The predicted octanol–water partition coefficient (Wildman–Crippen LogP) is 4.20. The lowest BCUT2D eigenvalue weighted by Crippen LogP contribution is -2.42. The van der Waals surface area contributed by atoms with Crippen molar-refractivity contribution >= 4 is 46.4 Å². The zero-order chi connectivity index (χ0) is 34.8. The minimum absolute atomic E-state index is 0.0815. The zero-order valence-electron chi connectivity index (χ0n) is 28.2. The van der Waals surface area contributed by atoms with Crippen LogP contribution in [0, 0.1) is 0 Å². The van der Waals surface area contributed by atoms with E-state index in [4.69, 9.17) is 42.9 Å². The maximum Gasteiger partial charge on any atom is 0.237 e. The Kier molecular flexibility index (Phi) is 10.1. The Morgan fingerprint density at radius 1 is 1.00 bits per heavy atom. The quantitative estimate of drug-likeness (QED) is 0.216. The molecule has 4 aliphatic rings. The Labute approximate surface area is 302 Å². The fraction of sp³-hybridized carbons (Fsp3) is 0.432. The van der Waals surface area contributed by atoms with Crippen molar-refractivity contribution in [3.05, 3.63) is 94.1 Å². The number of nitrogens with zero attached hydrogens (tertiary/aromatic N) is 4. The average Bonchev–Trinajstić information content (AvgIpc) is 3.75. The predicted molar refractivity (Wildman–Crippen MR) is 194 cm³/mol. The molecular formula is C37H42Cl2N8O3. The van der Waals surface area contributed by atoms with Gasteiger partial charge in [0.1, 0.15) is 11.5 Å². The van der Waals surface area contributed by atoms with Crippen LogP contribution in [0.5, 0.6) is 5.88 Å². The fourth-order valence-corrected chi connectivity index (χ4v) is 8.19. The van der Waals surface area contributed by atoms with Crippen LogP contribution >= 0.6 is 23.2 Å². The number of hydrogen-bond donors (Lipinski definition) is 4. The summed E-state index contributed by atoms with van der Waals surface area (Å²) < 4.78 is 5.81. The number of ether oxygens (including phenoxy) is 1. The Bertz CT molecular complexity index is 1840. The molecule has 5 atom stereocenters. The number of nitrogens with one attached hydrogen (secondary N) is 4. The molecule has 2 aromatic heterocycles. The number of aromatic nitrogens is 3. The highest BCUT2D eigenvalue weighted by atomic mass is 35.5. The normalized spacial score (nSPS) is 26.0. The van der Waals surface area contributed by atoms with Crippen molar-refractivity contribution in [1.29, 1.82) is 0 Å². The van der Waals surface area contributed by atoms with Crippen molar-refractivity contribution in [1.82, 2.24) is 36.2 Å². The molecule has 0 radical (unpaired) electrons. The van der Waals surface area contributed by atoms with Gasteiger partial charge >= 0.3 is 0 Å². The molecule has 13 heteroatoms. The smallest absolute Gasteiger partial charge is 0.237 e. The van der Waals surface area contributed by atoms with Crippen LogP contribution in [-0.2, 0) is 21.5 Å². The van der Waals surface area contributed by atoms with E-state index in [2.05, 4.69) is 39.3 Å². The number of alkyl halides is 1. The largest absolute Gasteiger partial charge is 0.480 e. The summed E-state index contributed by atoms with van der Waals surface area (Å²) >= 11 is 14.4. The Hall–Kier alpha value is -4.03. The fourth-order valence-electron chi connectivity index (χ4n) is 7.46. The Morgan fingerprint density at radius 3 is 2.48 bits per heavy atom. The summed E-state index contributed by atoms with van der Waals surface area (Å²) in [5.41, 5.74) is 3.70. The second-order valence-electron chi connectivity index (χ2n) is 13.4. The first-order valence-electron chi connectivity index (χ1n) is 17.2. The molecule has 2 amide bonds. The number of methoxy groups -OCH3 is 1. The molecule has 0 spiro atoms. The zero-order valence-corrected chi connectivity index (χ0v) is 29.7. The first-order valence-corrected chi connectivity index (χ1v) is 18.0. The summed E-state index contributed by atoms with van der Waals surface area (Å²) in [5.74, 6) is 1.45. The number of anilines is 1. The summed E-state index contributed by atoms with van der Waals surface area (Å²) in [7, 11) is 3.64. The molecule has 0 bridgehead atoms. The maximum absolute atomic E-state index is 11.8. The SMILES string of the molecule is COc1nc(C2(c3ccc4c(n3)N(C)CC[C@@H]4NC[C@@H]3CCC(=O)N3)C=CC=C(c3ccccc3Cl)C2Cl)cnc1CNC[C@@H]1CCC(=O)N1. The van der Waals surface area contributed by atoms with E-state index in [-0.39, 0.29) is 29.9 Å². The van der Waals surface area contributed by atoms with Crippen molar-refractivity contribution in [3.8, 4) is 5.88 Å². The number of rotatable bonds is 11. The van der Waals surface area contributed by atoms with E-state index in [0.29, 0.717) is 54.8 Å². The van der Waals surface area contributed by atoms with E-state index in [1.165, 1.54) is 0 Å². The summed E-state index contributed by atoms with van der Waals surface area (Å²) in [4.78, 5) is 40.9. The number of allylic oxidation sites excluding steroid dienone is 4. The van der Waals surface area contributed by atoms with Crippen LogP contribution in [0.4, 0.5) is 5.82 Å². The average molecular weight is 718 g/mol. The van der Waals surface area contributed by atoms with Crippen LogP contribution in [0.25, 0.3) is 5.57 Å². The molecule has 5 heterocycles. The van der Waals surface area contributed by atoms with Gasteiger partial charge in [-0.25, -0.2) is 9.97 Å². The van der Waals surface area contributed by atoms with Crippen LogP contribution in [0.3, 0.4) is 0 Å². The van der Waals surface area contributed by atoms with Gasteiger partial charge in [0.05, 0.1) is 35.5 Å². The number of benzene rings is 1. The number of pyridine rings is 1. The lowest BCUT2D eigenvalue weighted by molar-refractivity contribution is -0.120. The van der Waals surface area contributed by atoms with Gasteiger partial charge in [-0.1, -0.05) is 54.1 Å². The summed E-state index contributed by atoms with van der Waals surface area (Å²) in [6.07, 6.45) is 11.5. The lowest BCUT2D eigenvalue weighted by Gasteiger charge is -2.40. The maximum atomic E-state index is 11.8. The molecule has 1 aromatic carbocycles. The first kappa shape index (κ1) is 34.4. The first-order chi connectivity index (χ1) is 24.3. The number of hydrogen-bond acceptors (Lipinski definition) is 9. The van der Waals surface area contributed by atoms with Gasteiger partial charge in [0.25, 0.3) is 0 Å². The monoisotopic (exact) mass is 716 g/mol. The van der Waals surface area contributed by atoms with E-state index in [1.54, 1.807) is 13.3 Å². The number of amides is 2. The molecule has 11 nitrogen and oxygen atoms in total. The van der Waals surface area contributed by atoms with Gasteiger partial charge in [0.2, 0.25) is 17.7 Å². The highest BCUT2D eigenvalue weighted by molar-refractivity contribution is 6.34. The summed E-state index contributed by atoms with van der Waals surface area (Å²) in [6.45, 7) is 2.56. The second-order valence-corrected chi connectivity index (χ2v) is 14.3. The number of halogens is 2. The van der Waals surface area contributed by atoms with E-state index < -0.39 is 10.8 Å². The summed E-state index contributed by atoms with van der Waals surface area (Å²) in [5, 5.41) is 13.1. The molecule has 7 rings (SSSR count). The Balaban J connectivity index is 1.25. The molecule has 2 unspecified atom stereocenters. The minimum Gasteiger partial charge on any atom is -0.480 e. The highest BCUT2D eigenvalue weighted by Crippen LogP contribution is 2.48. The van der Waals surface area contributed by atoms with E-state index >= 15 is 0 Å². The van der Waals surface area contributed by atoms with Gasteiger partial charge in [-0.3, -0.25) is 14.6 Å². The molecule has 2 fully saturated rings. The van der Waals surface area contributed by atoms with Crippen LogP contribution in [0.1, 0.15) is 66.4 Å². The lowest BCUT2D eigenvalue weighted by atomic mass is 9.71. The molecule has 1 aliphatic carbocycles. The molecule has 3 aromatic rings. The summed E-state index contributed by atoms with van der Waals surface area (Å²) in [6, 6.07) is 12.2. The molecule has 262 valence electrons. The van der Waals surface area contributed by atoms with Gasteiger partial charge in [0.15, 0.2) is 0 Å². The van der Waals surface area contributed by atoms with Gasteiger partial charge in [-0.15, -0.1) is 11.6 Å². The van der Waals surface area contributed by atoms with Crippen molar-refractivity contribution in [3.63, 3.8) is 0 Å². The number of carbonyl (C=O) groups is 2. The van der Waals surface area contributed by atoms with E-state index in [0.717, 1.165) is 54.0 Å². The highest BCUT2D eigenvalue weighted by Gasteiger charge is 2.47. The van der Waals surface area contributed by atoms with Crippen LogP contribution in [-0.4, -0.2) is 78.0 Å². The van der Waals surface area contributed by atoms with Gasteiger partial charge in [-0.05, 0) is 42.5 Å². The van der Waals surface area contributed by atoms with Crippen LogP contribution < -0.4 is 30.9 Å². The standard InChI is InChI=1S/C37H42Cl2N8O3/c1-47-17-15-28(41-19-23-10-14-33(49)44-23)26-11-12-30(45-35(26)47)37(16-5-7-25(34(37)39)24-6-3-4-8-27(24)38)31-21-42-29(36(46-31)50-2)20-40-18-22-9-13-32(48)43-22/h3-8,11-12,16,21-23,28,34,40-41H,9-10,13-15,17-20H2,1-2H3,(H,43,48)(H,44,49)/t22-,23-,28-,34?,37?/m0/s1. The molecular weight excluding hydrogens is 675 g/mol. The van der Waals surface area contributed by atoms with Crippen LogP contribution in [0.15, 0.2) is 60.8 Å². The molecule has 2 saturated heterocycles.